The number of ether oxygens (including phenoxy) is 1. The Kier molecular flexibility index (Phi) is 4.50. The van der Waals surface area contributed by atoms with Gasteiger partial charge in [-0.25, -0.2) is 4.39 Å². The van der Waals surface area contributed by atoms with Gasteiger partial charge in [-0.3, -0.25) is 9.59 Å². The summed E-state index contributed by atoms with van der Waals surface area (Å²) in [6, 6.07) is 8.75. The summed E-state index contributed by atoms with van der Waals surface area (Å²) in [5.41, 5.74) is 0. The maximum Gasteiger partial charge on any atom is 0.308 e. The van der Waals surface area contributed by atoms with E-state index >= 15 is 0 Å². The lowest BCUT2D eigenvalue weighted by Crippen LogP contribution is -2.29. The van der Waals surface area contributed by atoms with Crippen LogP contribution in [0.1, 0.15) is 22.7 Å². The van der Waals surface area contributed by atoms with Gasteiger partial charge in [0.25, 0.3) is 5.91 Å². The highest BCUT2D eigenvalue weighted by Gasteiger charge is 2.32. The smallest absolute Gasteiger partial charge is 0.308 e. The summed E-state index contributed by atoms with van der Waals surface area (Å²) in [6.07, 6.45) is 0.447. The number of carboxylic acid groups (broad SMARTS) is 1. The highest BCUT2D eigenvalue weighted by atomic mass is 19.1. The molecule has 0 aliphatic carbocycles. The van der Waals surface area contributed by atoms with Gasteiger partial charge in [0.2, 0.25) is 0 Å². The van der Waals surface area contributed by atoms with Crippen molar-refractivity contribution in [1.29, 1.82) is 0 Å². The minimum Gasteiger partial charge on any atom is -0.486 e. The summed E-state index contributed by atoms with van der Waals surface area (Å²) in [5, 5.41) is 8.98. The van der Waals surface area contributed by atoms with Crippen LogP contribution < -0.4 is 4.74 Å². The van der Waals surface area contributed by atoms with Gasteiger partial charge in [0, 0.05) is 13.1 Å². The summed E-state index contributed by atoms with van der Waals surface area (Å²) in [6.45, 7) is 0.699. The number of likely N-dealkylation sites (tertiary alicyclic amines) is 1. The van der Waals surface area contributed by atoms with Crippen LogP contribution in [-0.4, -0.2) is 35.0 Å². The lowest BCUT2D eigenvalue weighted by molar-refractivity contribution is -0.141. The van der Waals surface area contributed by atoms with Gasteiger partial charge in [0.1, 0.15) is 23.9 Å². The molecule has 0 radical (unpaired) electrons. The van der Waals surface area contributed by atoms with Crippen LogP contribution in [0.4, 0.5) is 4.39 Å². The molecule has 7 heteroatoms. The first-order valence-corrected chi connectivity index (χ1v) is 7.52. The van der Waals surface area contributed by atoms with E-state index in [0.717, 1.165) is 0 Å². The third-order valence-electron chi connectivity index (χ3n) is 3.89. The van der Waals surface area contributed by atoms with Crippen LogP contribution in [-0.2, 0) is 11.4 Å². The van der Waals surface area contributed by atoms with Gasteiger partial charge < -0.3 is 19.2 Å². The van der Waals surface area contributed by atoms with Crippen LogP contribution in [0.3, 0.4) is 0 Å². The molecule has 6 nitrogen and oxygen atoms in total. The van der Waals surface area contributed by atoms with Crippen molar-refractivity contribution in [3.63, 3.8) is 0 Å². The van der Waals surface area contributed by atoms with E-state index in [0.29, 0.717) is 24.5 Å². The monoisotopic (exact) mass is 333 g/mol. The van der Waals surface area contributed by atoms with Crippen molar-refractivity contribution in [2.45, 2.75) is 13.0 Å². The number of hydrogen-bond donors (Lipinski definition) is 1. The molecule has 3 rings (SSSR count). The van der Waals surface area contributed by atoms with Gasteiger partial charge in [-0.05, 0) is 42.8 Å². The van der Waals surface area contributed by atoms with Gasteiger partial charge in [-0.2, -0.15) is 0 Å². The number of carbonyl (C=O) groups is 2. The van der Waals surface area contributed by atoms with E-state index in [9.17, 15) is 14.0 Å². The molecule has 1 aliphatic rings. The fourth-order valence-corrected chi connectivity index (χ4v) is 2.56. The zero-order valence-electron chi connectivity index (χ0n) is 12.8. The predicted octanol–water partition coefficient (Wildman–Crippen LogP) is 2.54. The van der Waals surface area contributed by atoms with E-state index in [2.05, 4.69) is 0 Å². The molecule has 1 unspecified atom stereocenters. The predicted molar refractivity (Wildman–Crippen MR) is 81.1 cm³/mol. The first-order chi connectivity index (χ1) is 11.5. The molecule has 2 aromatic rings. The second kappa shape index (κ2) is 6.74. The zero-order chi connectivity index (χ0) is 17.1. The van der Waals surface area contributed by atoms with Crippen molar-refractivity contribution in [2.75, 3.05) is 13.1 Å². The number of nitrogens with zero attached hydrogens (tertiary/aromatic N) is 1. The molecular formula is C17H16FNO5. The topological polar surface area (TPSA) is 80.0 Å². The molecule has 126 valence electrons. The number of aliphatic carboxylic acids is 1. The van der Waals surface area contributed by atoms with Crippen LogP contribution in [0.15, 0.2) is 40.8 Å². The van der Waals surface area contributed by atoms with Gasteiger partial charge in [-0.1, -0.05) is 0 Å². The third kappa shape index (κ3) is 3.56. The molecule has 0 spiro atoms. The molecule has 1 aromatic carbocycles. The number of benzene rings is 1. The Labute approximate surface area is 137 Å². The second-order valence-corrected chi connectivity index (χ2v) is 5.58. The average molecular weight is 333 g/mol. The second-order valence-electron chi connectivity index (χ2n) is 5.58. The Morgan fingerprint density at radius 1 is 1.25 bits per heavy atom. The molecule has 1 atom stereocenters. The molecule has 24 heavy (non-hydrogen) atoms. The Morgan fingerprint density at radius 2 is 2.00 bits per heavy atom. The number of rotatable bonds is 5. The average Bonchev–Trinajstić information content (AvgIpc) is 3.23. The summed E-state index contributed by atoms with van der Waals surface area (Å²) in [5.74, 6) is -0.992. The van der Waals surface area contributed by atoms with Crippen LogP contribution in [0.5, 0.6) is 5.75 Å². The molecule has 1 fully saturated rings. The molecule has 1 N–H and O–H groups in total. The molecule has 1 aromatic heterocycles. The minimum absolute atomic E-state index is 0.108. The number of furan rings is 1. The Bertz CT molecular complexity index is 740. The van der Waals surface area contributed by atoms with Crippen molar-refractivity contribution < 1.29 is 28.2 Å². The fourth-order valence-electron chi connectivity index (χ4n) is 2.56. The quantitative estimate of drug-likeness (QED) is 0.909. The van der Waals surface area contributed by atoms with Gasteiger partial charge in [0.15, 0.2) is 5.76 Å². The van der Waals surface area contributed by atoms with E-state index in [1.165, 1.54) is 29.2 Å². The van der Waals surface area contributed by atoms with Crippen LogP contribution in [0.2, 0.25) is 0 Å². The van der Waals surface area contributed by atoms with E-state index in [1.54, 1.807) is 12.1 Å². The lowest BCUT2D eigenvalue weighted by atomic mass is 10.1. The zero-order valence-corrected chi connectivity index (χ0v) is 12.8. The van der Waals surface area contributed by atoms with Crippen LogP contribution in [0, 0.1) is 11.7 Å². The first kappa shape index (κ1) is 16.0. The van der Waals surface area contributed by atoms with E-state index in [-0.39, 0.29) is 30.6 Å². The Hall–Kier alpha value is -2.83. The van der Waals surface area contributed by atoms with E-state index in [4.69, 9.17) is 14.3 Å². The number of amides is 1. The fraction of sp³-hybridized carbons (Fsp3) is 0.294. The highest BCUT2D eigenvalue weighted by Crippen LogP contribution is 2.21. The van der Waals surface area contributed by atoms with Crippen LogP contribution >= 0.6 is 0 Å². The van der Waals surface area contributed by atoms with Gasteiger partial charge in [0.05, 0.1) is 5.92 Å². The summed E-state index contributed by atoms with van der Waals surface area (Å²) < 4.78 is 23.7. The number of halogens is 1. The minimum atomic E-state index is -0.891. The molecule has 1 amide bonds. The molecule has 2 heterocycles. The summed E-state index contributed by atoms with van der Waals surface area (Å²) >= 11 is 0. The molecular weight excluding hydrogens is 317 g/mol. The van der Waals surface area contributed by atoms with Crippen molar-refractivity contribution in [3.05, 3.63) is 53.7 Å². The number of carbonyl (C=O) groups excluding carboxylic acids is 1. The third-order valence-corrected chi connectivity index (χ3v) is 3.89. The largest absolute Gasteiger partial charge is 0.486 e. The van der Waals surface area contributed by atoms with Crippen molar-refractivity contribution in [2.24, 2.45) is 5.92 Å². The summed E-state index contributed by atoms with van der Waals surface area (Å²) in [7, 11) is 0. The van der Waals surface area contributed by atoms with Gasteiger partial charge >= 0.3 is 5.97 Å². The number of carboxylic acids is 1. The van der Waals surface area contributed by atoms with Gasteiger partial charge in [-0.15, -0.1) is 0 Å². The Balaban J connectivity index is 1.58. The normalized spacial score (nSPS) is 17.0. The maximum absolute atomic E-state index is 12.8. The molecule has 0 bridgehead atoms. The van der Waals surface area contributed by atoms with Crippen LogP contribution in [0.25, 0.3) is 0 Å². The lowest BCUT2D eigenvalue weighted by Gasteiger charge is -2.13. The molecule has 1 saturated heterocycles. The SMILES string of the molecule is O=C(O)C1CCN(C(=O)c2ccc(COc3ccc(F)cc3)o2)C1. The number of hydrogen-bond acceptors (Lipinski definition) is 4. The Morgan fingerprint density at radius 3 is 2.67 bits per heavy atom. The maximum atomic E-state index is 12.8. The standard InChI is InChI=1S/C17H16FNO5/c18-12-1-3-13(4-2-12)23-10-14-5-6-15(24-14)16(20)19-8-7-11(9-19)17(21)22/h1-6,11H,7-10H2,(H,21,22). The van der Waals surface area contributed by atoms with E-state index in [1.807, 2.05) is 0 Å². The van der Waals surface area contributed by atoms with E-state index < -0.39 is 11.9 Å². The molecule has 1 aliphatic heterocycles. The highest BCUT2D eigenvalue weighted by molar-refractivity contribution is 5.92. The summed E-state index contributed by atoms with van der Waals surface area (Å²) in [4.78, 5) is 24.7. The van der Waals surface area contributed by atoms with Crippen molar-refractivity contribution >= 4 is 11.9 Å². The van der Waals surface area contributed by atoms with Crippen molar-refractivity contribution in [1.82, 2.24) is 4.90 Å². The first-order valence-electron chi connectivity index (χ1n) is 7.52. The van der Waals surface area contributed by atoms with Crippen molar-refractivity contribution in [3.8, 4) is 5.75 Å². The molecule has 0 saturated carbocycles.